The lowest BCUT2D eigenvalue weighted by atomic mass is 10.1. The van der Waals surface area contributed by atoms with Gasteiger partial charge in [-0.1, -0.05) is 25.7 Å². The molecule has 0 fully saturated rings. The molecule has 0 saturated carbocycles. The van der Waals surface area contributed by atoms with Crippen LogP contribution < -0.4 is 4.74 Å². The summed E-state index contributed by atoms with van der Waals surface area (Å²) in [4.78, 5) is 23.5. The molecule has 0 N–H and O–H groups in total. The number of non-ortho nitro benzene ring substituents is 1. The van der Waals surface area contributed by atoms with Crippen molar-refractivity contribution < 1.29 is 32.3 Å². The van der Waals surface area contributed by atoms with Gasteiger partial charge in [0, 0.05) is 33.5 Å². The van der Waals surface area contributed by atoms with Crippen molar-refractivity contribution in [3.63, 3.8) is 0 Å². The highest BCUT2D eigenvalue weighted by Crippen LogP contribution is 2.33. The van der Waals surface area contributed by atoms with Crippen LogP contribution in [0.2, 0.25) is 25.7 Å². The van der Waals surface area contributed by atoms with E-state index in [1.807, 2.05) is 0 Å². The van der Waals surface area contributed by atoms with Crippen LogP contribution in [0.4, 0.5) is 5.69 Å². The number of aromatic nitrogens is 1. The molecule has 0 radical (unpaired) electrons. The molecule has 38 heavy (non-hydrogen) atoms. The smallest absolute Gasteiger partial charge is 0.321 e. The van der Waals surface area contributed by atoms with E-state index in [2.05, 4.69) is 19.6 Å². The normalized spacial score (nSPS) is 12.2. The van der Waals surface area contributed by atoms with Gasteiger partial charge in [0.15, 0.2) is 0 Å². The lowest BCUT2D eigenvalue weighted by Gasteiger charge is -2.21. The van der Waals surface area contributed by atoms with Crippen LogP contribution in [0.5, 0.6) is 5.75 Å². The molecule has 11 nitrogen and oxygen atoms in total. The summed E-state index contributed by atoms with van der Waals surface area (Å²) < 4.78 is 45.5. The molecule has 0 amide bonds. The van der Waals surface area contributed by atoms with Crippen molar-refractivity contribution in [1.29, 1.82) is 0 Å². The number of carbonyl (C=O) groups is 1. The third-order valence-electron chi connectivity index (χ3n) is 5.96. The summed E-state index contributed by atoms with van der Waals surface area (Å²) in [5.41, 5.74) is 0.724. The van der Waals surface area contributed by atoms with Gasteiger partial charge >= 0.3 is 5.97 Å². The standard InChI is InChI=1S/C25H33N3O8SSi/c1-34-20-9-11-21(12-10-20)37(32,33)27(17-24(29)35-2)16-19-15-26(18-36-13-14-38(3,4)5)22-7-6-8-23(25(19)22)28(30)31/h6-12,15H,13-14,16-18H2,1-5H3. The molecule has 0 spiro atoms. The first kappa shape index (κ1) is 29.3. The highest BCUT2D eigenvalue weighted by Gasteiger charge is 2.30. The maximum absolute atomic E-state index is 13.6. The van der Waals surface area contributed by atoms with E-state index in [1.165, 1.54) is 37.4 Å². The minimum absolute atomic E-state index is 0.0601. The van der Waals surface area contributed by atoms with E-state index in [-0.39, 0.29) is 29.2 Å². The highest BCUT2D eigenvalue weighted by molar-refractivity contribution is 7.89. The number of carbonyl (C=O) groups excluding carboxylic acids is 1. The number of ether oxygens (including phenoxy) is 3. The van der Waals surface area contributed by atoms with Gasteiger partial charge in [0.1, 0.15) is 19.0 Å². The van der Waals surface area contributed by atoms with Crippen molar-refractivity contribution in [2.24, 2.45) is 0 Å². The second kappa shape index (κ2) is 12.1. The van der Waals surface area contributed by atoms with E-state index in [0.29, 0.717) is 23.4 Å². The number of hydrogen-bond acceptors (Lipinski definition) is 8. The van der Waals surface area contributed by atoms with E-state index >= 15 is 0 Å². The number of nitro benzene ring substituents is 1. The predicted octanol–water partition coefficient (Wildman–Crippen LogP) is 4.23. The van der Waals surface area contributed by atoms with Crippen molar-refractivity contribution in [1.82, 2.24) is 8.87 Å². The number of benzene rings is 2. The summed E-state index contributed by atoms with van der Waals surface area (Å²) in [7, 11) is -2.88. The maximum Gasteiger partial charge on any atom is 0.321 e. The van der Waals surface area contributed by atoms with Crippen molar-refractivity contribution in [3.05, 3.63) is 64.3 Å². The molecule has 0 aliphatic rings. The van der Waals surface area contributed by atoms with Gasteiger partial charge in [0.25, 0.3) is 5.69 Å². The van der Waals surface area contributed by atoms with Gasteiger partial charge in [-0.2, -0.15) is 4.31 Å². The second-order valence-electron chi connectivity index (χ2n) is 9.93. The van der Waals surface area contributed by atoms with Crippen molar-refractivity contribution in [2.45, 2.75) is 43.9 Å². The Morgan fingerprint density at radius 3 is 2.37 bits per heavy atom. The Balaban J connectivity index is 2.04. The summed E-state index contributed by atoms with van der Waals surface area (Å²) in [6.07, 6.45) is 1.64. The summed E-state index contributed by atoms with van der Waals surface area (Å²) >= 11 is 0. The number of sulfonamides is 1. The fourth-order valence-electron chi connectivity index (χ4n) is 3.86. The Kier molecular flexibility index (Phi) is 9.30. The van der Waals surface area contributed by atoms with Gasteiger partial charge in [-0.25, -0.2) is 8.42 Å². The zero-order valence-electron chi connectivity index (χ0n) is 22.2. The summed E-state index contributed by atoms with van der Waals surface area (Å²) in [5, 5.41) is 12.2. The predicted molar refractivity (Wildman–Crippen MR) is 145 cm³/mol. The maximum atomic E-state index is 13.6. The van der Waals surface area contributed by atoms with Gasteiger partial charge in [0.05, 0.1) is 34.9 Å². The Morgan fingerprint density at radius 2 is 1.79 bits per heavy atom. The number of hydrogen-bond donors (Lipinski definition) is 0. The molecule has 206 valence electrons. The summed E-state index contributed by atoms with van der Waals surface area (Å²) in [6, 6.07) is 11.3. The van der Waals surface area contributed by atoms with E-state index in [4.69, 9.17) is 14.2 Å². The van der Waals surface area contributed by atoms with Crippen molar-refractivity contribution in [2.75, 3.05) is 27.4 Å². The molecular weight excluding hydrogens is 530 g/mol. The lowest BCUT2D eigenvalue weighted by Crippen LogP contribution is -2.35. The molecule has 0 aliphatic carbocycles. The zero-order chi connectivity index (χ0) is 28.1. The van der Waals surface area contributed by atoms with Crippen LogP contribution in [-0.4, -0.2) is 63.6 Å². The van der Waals surface area contributed by atoms with E-state index < -0.39 is 35.5 Å². The van der Waals surface area contributed by atoms with Crippen LogP contribution in [0, 0.1) is 10.1 Å². The van der Waals surface area contributed by atoms with Crippen LogP contribution in [0.15, 0.2) is 53.6 Å². The van der Waals surface area contributed by atoms with E-state index in [1.54, 1.807) is 22.9 Å². The second-order valence-corrected chi connectivity index (χ2v) is 17.5. The lowest BCUT2D eigenvalue weighted by molar-refractivity contribution is -0.383. The third kappa shape index (κ3) is 6.98. The Labute approximate surface area is 223 Å². The van der Waals surface area contributed by atoms with Crippen LogP contribution in [0.3, 0.4) is 0 Å². The average Bonchev–Trinajstić information content (AvgIpc) is 3.22. The fraction of sp³-hybridized carbons (Fsp3) is 0.400. The number of rotatable bonds is 13. The number of nitro groups is 1. The monoisotopic (exact) mass is 563 g/mol. The summed E-state index contributed by atoms with van der Waals surface area (Å²) in [6.45, 7) is 6.52. The van der Waals surface area contributed by atoms with Gasteiger partial charge in [-0.3, -0.25) is 14.9 Å². The molecular formula is C25H33N3O8SSi. The topological polar surface area (TPSA) is 130 Å². The number of esters is 1. The molecule has 1 aromatic heterocycles. The van der Waals surface area contributed by atoms with Gasteiger partial charge in [0.2, 0.25) is 10.0 Å². The number of methoxy groups -OCH3 is 2. The molecule has 3 rings (SSSR count). The Morgan fingerprint density at radius 1 is 1.11 bits per heavy atom. The Hall–Kier alpha value is -3.26. The van der Waals surface area contributed by atoms with E-state index in [0.717, 1.165) is 17.5 Å². The first-order valence-corrected chi connectivity index (χ1v) is 17.1. The van der Waals surface area contributed by atoms with Crippen LogP contribution in [-0.2, 0) is 37.6 Å². The highest BCUT2D eigenvalue weighted by atomic mass is 32.2. The molecule has 2 aromatic carbocycles. The number of nitrogens with zero attached hydrogens (tertiary/aromatic N) is 3. The molecule has 13 heteroatoms. The van der Waals surface area contributed by atoms with Crippen LogP contribution in [0.1, 0.15) is 5.56 Å². The molecule has 0 aliphatic heterocycles. The molecule has 3 aromatic rings. The van der Waals surface area contributed by atoms with Crippen LogP contribution in [0.25, 0.3) is 10.9 Å². The molecule has 1 heterocycles. The third-order valence-corrected chi connectivity index (χ3v) is 9.47. The van der Waals surface area contributed by atoms with Crippen LogP contribution >= 0.6 is 0 Å². The molecule has 0 bridgehead atoms. The average molecular weight is 564 g/mol. The Bertz CT molecular complexity index is 1400. The van der Waals surface area contributed by atoms with Crippen molar-refractivity contribution >= 4 is 40.7 Å². The quantitative estimate of drug-likeness (QED) is 0.0993. The SMILES string of the molecule is COC(=O)CN(Cc1cn(COCC[Si](C)(C)C)c2cccc([N+](=O)[O-])c12)S(=O)(=O)c1ccc(OC)cc1. The van der Waals surface area contributed by atoms with Crippen molar-refractivity contribution in [3.8, 4) is 5.75 Å². The molecule has 0 atom stereocenters. The molecule has 0 saturated heterocycles. The zero-order valence-corrected chi connectivity index (χ0v) is 24.0. The minimum atomic E-state index is -4.19. The van der Waals surface area contributed by atoms with Gasteiger partial charge < -0.3 is 18.8 Å². The fourth-order valence-corrected chi connectivity index (χ4v) is 5.98. The van der Waals surface area contributed by atoms with Gasteiger partial charge in [-0.15, -0.1) is 0 Å². The largest absolute Gasteiger partial charge is 0.497 e. The first-order valence-electron chi connectivity index (χ1n) is 11.9. The molecule has 0 unspecified atom stereocenters. The van der Waals surface area contributed by atoms with Gasteiger partial charge in [-0.05, 0) is 41.9 Å². The summed E-state index contributed by atoms with van der Waals surface area (Å²) in [5.74, 6) is -0.300. The first-order chi connectivity index (χ1) is 17.9. The number of fused-ring (bicyclic) bond motifs is 1. The van der Waals surface area contributed by atoms with E-state index in [9.17, 15) is 23.3 Å². The minimum Gasteiger partial charge on any atom is -0.497 e.